The Hall–Kier alpha value is -3.12. The van der Waals surface area contributed by atoms with Crippen molar-refractivity contribution < 1.29 is 17.9 Å². The molecule has 0 spiro atoms. The van der Waals surface area contributed by atoms with Crippen molar-refractivity contribution in [1.82, 2.24) is 24.1 Å². The van der Waals surface area contributed by atoms with Crippen LogP contribution in [0.3, 0.4) is 0 Å². The zero-order valence-corrected chi connectivity index (χ0v) is 26.3. The third-order valence-electron chi connectivity index (χ3n) is 8.95. The number of fused-ring (bicyclic) bond motifs is 3. The van der Waals surface area contributed by atoms with Crippen LogP contribution in [-0.4, -0.2) is 84.3 Å². The zero-order valence-electron chi connectivity index (χ0n) is 25.5. The Morgan fingerprint density at radius 2 is 1.86 bits per heavy atom. The first-order valence-corrected chi connectivity index (χ1v) is 16.9. The van der Waals surface area contributed by atoms with Gasteiger partial charge < -0.3 is 14.6 Å². The Morgan fingerprint density at radius 1 is 1.14 bits per heavy atom. The molecule has 2 aliphatic heterocycles. The topological polar surface area (TPSA) is 114 Å². The molecule has 1 amide bonds. The van der Waals surface area contributed by atoms with E-state index in [-0.39, 0.29) is 42.3 Å². The summed E-state index contributed by atoms with van der Waals surface area (Å²) < 4.78 is 34.2. The minimum absolute atomic E-state index is 0.0686. The average Bonchev–Trinajstić information content (AvgIpc) is 3.20. The lowest BCUT2D eigenvalue weighted by molar-refractivity contribution is 0.0131. The monoisotopic (exact) mass is 609 g/mol. The maximum Gasteiger partial charge on any atom is 0.264 e. The van der Waals surface area contributed by atoms with E-state index < -0.39 is 10.0 Å². The van der Waals surface area contributed by atoms with Gasteiger partial charge in [-0.1, -0.05) is 24.3 Å². The largest absolute Gasteiger partial charge is 0.379 e. The molecule has 43 heavy (non-hydrogen) atoms. The van der Waals surface area contributed by atoms with Crippen LogP contribution in [0.4, 0.5) is 0 Å². The number of nitrogens with one attached hydrogen (secondary N) is 1. The van der Waals surface area contributed by atoms with Crippen molar-refractivity contribution in [2.45, 2.75) is 70.3 Å². The number of carbonyl (C=O) groups excluding carboxylic acids is 1. The molecule has 1 N–H and O–H groups in total. The Balaban J connectivity index is 1.20. The van der Waals surface area contributed by atoms with Crippen LogP contribution in [0, 0.1) is 5.92 Å². The number of sulfonamides is 1. The van der Waals surface area contributed by atoms with Crippen molar-refractivity contribution in [3.63, 3.8) is 0 Å². The molecule has 232 valence electrons. The van der Waals surface area contributed by atoms with E-state index >= 15 is 0 Å². The van der Waals surface area contributed by atoms with Crippen LogP contribution < -0.4 is 10.9 Å². The summed E-state index contributed by atoms with van der Waals surface area (Å²) in [7, 11) is -1.81. The number of rotatable bonds is 12. The van der Waals surface area contributed by atoms with Gasteiger partial charge in [0.15, 0.2) is 0 Å². The van der Waals surface area contributed by atoms with Crippen LogP contribution in [0.2, 0.25) is 0 Å². The van der Waals surface area contributed by atoms with E-state index in [9.17, 15) is 18.0 Å². The highest BCUT2D eigenvalue weighted by Gasteiger charge is 2.41. The van der Waals surface area contributed by atoms with Crippen LogP contribution in [0.25, 0.3) is 10.9 Å². The summed E-state index contributed by atoms with van der Waals surface area (Å²) >= 11 is 0. The molecule has 0 radical (unpaired) electrons. The number of hydrogen-bond acceptors (Lipinski definition) is 7. The fourth-order valence-corrected chi connectivity index (χ4v) is 7.65. The molecule has 2 bridgehead atoms. The Morgan fingerprint density at radius 3 is 2.49 bits per heavy atom. The van der Waals surface area contributed by atoms with Crippen LogP contribution >= 0.6 is 0 Å². The summed E-state index contributed by atoms with van der Waals surface area (Å²) in [6.07, 6.45) is 8.32. The molecule has 2 aromatic heterocycles. The molecular formula is C32H43N5O5S. The van der Waals surface area contributed by atoms with Gasteiger partial charge in [0.25, 0.3) is 11.5 Å². The van der Waals surface area contributed by atoms with E-state index in [1.165, 1.54) is 10.6 Å². The van der Waals surface area contributed by atoms with Gasteiger partial charge in [0.05, 0.1) is 17.9 Å². The highest BCUT2D eigenvalue weighted by Crippen LogP contribution is 2.38. The van der Waals surface area contributed by atoms with Gasteiger partial charge in [-0.3, -0.25) is 19.5 Å². The van der Waals surface area contributed by atoms with Crippen molar-refractivity contribution in [2.24, 2.45) is 5.92 Å². The molecule has 3 aromatic rings. The Bertz CT molecular complexity index is 1580. The van der Waals surface area contributed by atoms with E-state index in [2.05, 4.69) is 15.2 Å². The first-order valence-electron chi connectivity index (χ1n) is 15.1. The van der Waals surface area contributed by atoms with Gasteiger partial charge >= 0.3 is 0 Å². The van der Waals surface area contributed by atoms with Gasteiger partial charge in [0, 0.05) is 63.8 Å². The van der Waals surface area contributed by atoms with Gasteiger partial charge in [-0.2, -0.15) is 4.31 Å². The summed E-state index contributed by atoms with van der Waals surface area (Å²) in [5, 5.41) is 3.94. The molecule has 2 fully saturated rings. The standard InChI is InChI=1S/C32H43N5O5S/c1-22(2)37-30-10-6-5-9-25(30)16-29(32(37)39)31(38)34-18-24-14-26-11-12-27(15-24)36(26)21-28(42-3)20-35(43(4,40)41)19-23-8-7-13-33-17-23/h5-10,13,16-17,22,24,26-28H,11-12,14-15,18-21H2,1-4H3,(H,34,38)/t24?,26-,27+,28?. The number of piperidine rings is 1. The van der Waals surface area contributed by atoms with Crippen LogP contribution in [0.15, 0.2) is 59.7 Å². The predicted molar refractivity (Wildman–Crippen MR) is 167 cm³/mol. The summed E-state index contributed by atoms with van der Waals surface area (Å²) in [6, 6.07) is 13.7. The molecule has 10 nitrogen and oxygen atoms in total. The number of nitrogens with zero attached hydrogens (tertiary/aromatic N) is 4. The summed E-state index contributed by atoms with van der Waals surface area (Å²) in [5.74, 6) is -0.0153. The van der Waals surface area contributed by atoms with Crippen molar-refractivity contribution in [1.29, 1.82) is 0 Å². The minimum atomic E-state index is -3.45. The first kappa shape index (κ1) is 31.3. The van der Waals surface area contributed by atoms with Gasteiger partial charge in [0.1, 0.15) is 5.56 Å². The molecule has 11 heteroatoms. The fraction of sp³-hybridized carbons (Fsp3) is 0.531. The number of carbonyl (C=O) groups is 1. The molecule has 0 aliphatic carbocycles. The molecule has 4 atom stereocenters. The molecule has 2 aliphatic rings. The van der Waals surface area contributed by atoms with E-state index in [4.69, 9.17) is 4.74 Å². The zero-order chi connectivity index (χ0) is 30.7. The van der Waals surface area contributed by atoms with E-state index in [0.717, 1.165) is 42.1 Å². The van der Waals surface area contributed by atoms with Gasteiger partial charge in [-0.15, -0.1) is 0 Å². The van der Waals surface area contributed by atoms with Gasteiger partial charge in [-0.25, -0.2) is 8.42 Å². The van der Waals surface area contributed by atoms with Crippen molar-refractivity contribution in [3.05, 3.63) is 76.3 Å². The summed E-state index contributed by atoms with van der Waals surface area (Å²) in [4.78, 5) is 33.1. The molecule has 2 unspecified atom stereocenters. The van der Waals surface area contributed by atoms with E-state index in [0.29, 0.717) is 31.1 Å². The fourth-order valence-electron chi connectivity index (χ4n) is 6.83. The lowest BCUT2D eigenvalue weighted by Gasteiger charge is -2.41. The number of pyridine rings is 2. The first-order chi connectivity index (χ1) is 20.5. The molecule has 0 saturated carbocycles. The SMILES string of the molecule is COC(CN1[C@@H]2CC[C@H]1CC(CNC(=O)c1cc3ccccc3n(C(C)C)c1=O)C2)CN(Cc1cccnc1)S(C)(=O)=O. The molecule has 5 rings (SSSR count). The Labute approximate surface area is 254 Å². The number of benzene rings is 1. The molecule has 4 heterocycles. The Kier molecular flexibility index (Phi) is 9.65. The van der Waals surface area contributed by atoms with Crippen LogP contribution in [-0.2, 0) is 21.3 Å². The minimum Gasteiger partial charge on any atom is -0.379 e. The van der Waals surface area contributed by atoms with Crippen molar-refractivity contribution >= 4 is 26.8 Å². The van der Waals surface area contributed by atoms with E-state index in [1.54, 1.807) is 36.2 Å². The smallest absolute Gasteiger partial charge is 0.264 e. The lowest BCUT2D eigenvalue weighted by atomic mass is 9.90. The maximum absolute atomic E-state index is 13.3. The number of amides is 1. The van der Waals surface area contributed by atoms with Crippen LogP contribution in [0.5, 0.6) is 0 Å². The number of aromatic nitrogens is 2. The summed E-state index contributed by atoms with van der Waals surface area (Å²) in [6.45, 7) is 5.59. The second kappa shape index (κ2) is 13.3. The predicted octanol–water partition coefficient (Wildman–Crippen LogP) is 3.43. The maximum atomic E-state index is 13.3. The van der Waals surface area contributed by atoms with E-state index in [1.807, 2.05) is 44.2 Å². The quantitative estimate of drug-likeness (QED) is 0.335. The highest BCUT2D eigenvalue weighted by molar-refractivity contribution is 7.88. The van der Waals surface area contributed by atoms with Crippen LogP contribution in [0.1, 0.15) is 61.5 Å². The average molecular weight is 610 g/mol. The third-order valence-corrected chi connectivity index (χ3v) is 10.2. The molecule has 2 saturated heterocycles. The lowest BCUT2D eigenvalue weighted by Crippen LogP contribution is -2.50. The van der Waals surface area contributed by atoms with Crippen molar-refractivity contribution in [2.75, 3.05) is 33.0 Å². The summed E-state index contributed by atoms with van der Waals surface area (Å²) in [5.41, 5.74) is 1.57. The number of hydrogen-bond donors (Lipinski definition) is 1. The number of methoxy groups -OCH3 is 1. The normalized spacial score (nSPS) is 21.5. The second-order valence-corrected chi connectivity index (χ2v) is 14.3. The van der Waals surface area contributed by atoms with Gasteiger partial charge in [-0.05, 0) is 74.6 Å². The number of para-hydroxylation sites is 1. The van der Waals surface area contributed by atoms with Crippen molar-refractivity contribution in [3.8, 4) is 0 Å². The molecular weight excluding hydrogens is 566 g/mol. The second-order valence-electron chi connectivity index (χ2n) is 12.3. The number of ether oxygens (including phenoxy) is 1. The van der Waals surface area contributed by atoms with Gasteiger partial charge in [0.2, 0.25) is 10.0 Å². The highest BCUT2D eigenvalue weighted by atomic mass is 32.2. The third kappa shape index (κ3) is 7.17. The molecule has 1 aromatic carbocycles.